The topological polar surface area (TPSA) is 30.5 Å². The molecule has 0 radical (unpaired) electrons. The van der Waals surface area contributed by atoms with Crippen LogP contribution in [0.1, 0.15) is 13.8 Å². The smallest absolute Gasteiger partial charge is 0.288 e. The van der Waals surface area contributed by atoms with E-state index < -0.39 is 6.64 Å². The molecule has 0 aliphatic rings. The van der Waals surface area contributed by atoms with Gasteiger partial charge < -0.3 is 14.1 Å². The van der Waals surface area contributed by atoms with Crippen LogP contribution in [0.5, 0.6) is 0 Å². The fraction of sp³-hybridized carbons (Fsp3) is 0.500. The fourth-order valence-corrected chi connectivity index (χ4v) is 4.62. The molecule has 0 bridgehead atoms. The average Bonchev–Trinajstić information content (AvgIpc) is 2.51. The van der Waals surface area contributed by atoms with E-state index in [0.717, 1.165) is 5.00 Å². The van der Waals surface area contributed by atoms with Gasteiger partial charge in [0.1, 0.15) is 0 Å². The Kier molecular flexibility index (Phi) is 5.53. The molecule has 0 aliphatic heterocycles. The molecule has 1 heterocycles. The zero-order chi connectivity index (χ0) is 11.3. The summed E-state index contributed by atoms with van der Waals surface area (Å²) in [6.07, 6.45) is 0. The Hall–Kier alpha value is 0.360. The third-order valence-electron chi connectivity index (χ3n) is 1.42. The molecule has 0 saturated carbocycles. The number of halogens is 1. The van der Waals surface area contributed by atoms with E-state index in [2.05, 4.69) is 5.09 Å². The summed E-state index contributed by atoms with van der Waals surface area (Å²) < 4.78 is 11.6. The first kappa shape index (κ1) is 13.4. The third kappa shape index (κ3) is 4.39. The Bertz CT molecular complexity index is 348. The maximum Gasteiger partial charge on any atom is 0.288 e. The van der Waals surface area contributed by atoms with Crippen LogP contribution in [0, 0.1) is 0 Å². The fourth-order valence-electron chi connectivity index (χ4n) is 0.951. The quantitative estimate of drug-likeness (QED) is 0.797. The molecule has 1 N–H and O–H groups in total. The second kappa shape index (κ2) is 6.18. The molecule has 1 aromatic rings. The van der Waals surface area contributed by atoms with Gasteiger partial charge in [0.25, 0.3) is 6.64 Å². The van der Waals surface area contributed by atoms with E-state index in [4.69, 9.17) is 32.5 Å². The van der Waals surface area contributed by atoms with E-state index in [0.29, 0.717) is 17.6 Å². The molecule has 0 amide bonds. The van der Waals surface area contributed by atoms with Crippen LogP contribution in [0.3, 0.4) is 0 Å². The summed E-state index contributed by atoms with van der Waals surface area (Å²) in [6, 6.07) is 3.68. The van der Waals surface area contributed by atoms with Crippen molar-refractivity contribution in [2.24, 2.45) is 0 Å². The van der Waals surface area contributed by atoms with Crippen LogP contribution in [-0.2, 0) is 20.9 Å². The molecular weight excluding hydrogens is 273 g/mol. The Morgan fingerprint density at radius 2 is 2.00 bits per heavy atom. The van der Waals surface area contributed by atoms with Crippen molar-refractivity contribution in [3.05, 3.63) is 16.5 Å². The van der Waals surface area contributed by atoms with Crippen LogP contribution < -0.4 is 5.09 Å². The lowest BCUT2D eigenvalue weighted by atomic mass is 10.6. The Morgan fingerprint density at radius 1 is 1.40 bits per heavy atom. The molecule has 0 unspecified atom stereocenters. The Morgan fingerprint density at radius 3 is 2.40 bits per heavy atom. The second-order valence-electron chi connectivity index (χ2n) is 2.55. The summed E-state index contributed by atoms with van der Waals surface area (Å²) in [5.41, 5.74) is 0. The first-order valence-corrected chi connectivity index (χ1v) is 8.35. The molecule has 0 atom stereocenters. The molecule has 0 fully saturated rings. The zero-order valence-corrected chi connectivity index (χ0v) is 11.8. The molecule has 0 aliphatic carbocycles. The second-order valence-corrected chi connectivity index (χ2v) is 7.44. The van der Waals surface area contributed by atoms with Gasteiger partial charge in [0.2, 0.25) is 0 Å². The number of rotatable bonds is 6. The standard InChI is InChI=1S/C8H13ClNO2PS2/c1-3-11-13(14,12-4-2)10-8-6-5-7(9)15-8/h5-6H,3-4H2,1-2H3,(H,10,14). The Labute approximate surface area is 104 Å². The maximum atomic E-state index is 5.82. The summed E-state index contributed by atoms with van der Waals surface area (Å²) >= 11 is 12.6. The minimum atomic E-state index is -2.39. The Balaban J connectivity index is 2.70. The SMILES string of the molecule is CCOP(=S)(Nc1ccc(Cl)s1)OCC. The van der Waals surface area contributed by atoms with Crippen LogP contribution in [-0.4, -0.2) is 13.2 Å². The van der Waals surface area contributed by atoms with Crippen LogP contribution in [0.2, 0.25) is 4.34 Å². The van der Waals surface area contributed by atoms with Gasteiger partial charge in [-0.3, -0.25) is 0 Å². The van der Waals surface area contributed by atoms with Gasteiger partial charge in [-0.1, -0.05) is 11.6 Å². The molecule has 86 valence electrons. The molecular formula is C8H13ClNO2PS2. The largest absolute Gasteiger partial charge is 0.314 e. The van der Waals surface area contributed by atoms with Crippen LogP contribution in [0.4, 0.5) is 5.00 Å². The highest BCUT2D eigenvalue weighted by Crippen LogP contribution is 2.49. The minimum Gasteiger partial charge on any atom is -0.314 e. The van der Waals surface area contributed by atoms with Crippen LogP contribution >= 0.6 is 29.6 Å². The molecule has 15 heavy (non-hydrogen) atoms. The summed E-state index contributed by atoms with van der Waals surface area (Å²) in [7, 11) is 0. The van der Waals surface area contributed by atoms with Crippen molar-refractivity contribution in [3.8, 4) is 0 Å². The van der Waals surface area contributed by atoms with E-state index in [1.807, 2.05) is 26.0 Å². The number of thiophene rings is 1. The molecule has 1 aromatic heterocycles. The van der Waals surface area contributed by atoms with Crippen molar-refractivity contribution in [1.82, 2.24) is 0 Å². The van der Waals surface area contributed by atoms with Crippen molar-refractivity contribution in [2.75, 3.05) is 18.3 Å². The van der Waals surface area contributed by atoms with E-state index >= 15 is 0 Å². The van der Waals surface area contributed by atoms with E-state index in [9.17, 15) is 0 Å². The monoisotopic (exact) mass is 285 g/mol. The van der Waals surface area contributed by atoms with Gasteiger partial charge in [0.05, 0.1) is 22.6 Å². The van der Waals surface area contributed by atoms with E-state index in [1.165, 1.54) is 11.3 Å². The minimum absolute atomic E-state index is 0.531. The van der Waals surface area contributed by atoms with Gasteiger partial charge in [0.15, 0.2) is 0 Å². The van der Waals surface area contributed by atoms with Gasteiger partial charge in [-0.25, -0.2) is 0 Å². The lowest BCUT2D eigenvalue weighted by Crippen LogP contribution is -2.03. The molecule has 0 aromatic carbocycles. The van der Waals surface area contributed by atoms with Crippen molar-refractivity contribution in [3.63, 3.8) is 0 Å². The van der Waals surface area contributed by atoms with Gasteiger partial charge in [-0.15, -0.1) is 11.3 Å². The average molecular weight is 286 g/mol. The normalized spacial score (nSPS) is 11.7. The summed E-state index contributed by atoms with van der Waals surface area (Å²) in [6.45, 7) is 2.45. The highest BCUT2D eigenvalue weighted by molar-refractivity contribution is 8.10. The van der Waals surface area contributed by atoms with Gasteiger partial charge in [-0.2, -0.15) is 0 Å². The predicted molar refractivity (Wildman–Crippen MR) is 70.5 cm³/mol. The van der Waals surface area contributed by atoms with Gasteiger partial charge in [-0.05, 0) is 37.8 Å². The summed E-state index contributed by atoms with van der Waals surface area (Å²) in [5.74, 6) is 0. The zero-order valence-electron chi connectivity index (χ0n) is 8.53. The van der Waals surface area contributed by atoms with Crippen molar-refractivity contribution in [1.29, 1.82) is 0 Å². The molecule has 7 heteroatoms. The first-order chi connectivity index (χ1) is 7.09. The third-order valence-corrected chi connectivity index (χ3v) is 5.33. The van der Waals surface area contributed by atoms with E-state index in [1.54, 1.807) is 0 Å². The van der Waals surface area contributed by atoms with Crippen LogP contribution in [0.25, 0.3) is 0 Å². The number of nitrogens with one attached hydrogen (secondary N) is 1. The predicted octanol–water partition coefficient (Wildman–Crippen LogP) is 4.11. The molecule has 3 nitrogen and oxygen atoms in total. The molecule has 1 rings (SSSR count). The first-order valence-electron chi connectivity index (χ1n) is 4.52. The van der Waals surface area contributed by atoms with Crippen LogP contribution in [0.15, 0.2) is 12.1 Å². The number of anilines is 1. The van der Waals surface area contributed by atoms with Crippen molar-refractivity contribution >= 4 is 46.4 Å². The molecule has 0 spiro atoms. The lowest BCUT2D eigenvalue weighted by Gasteiger charge is -2.21. The number of hydrogen-bond acceptors (Lipinski definition) is 4. The molecule has 0 saturated heterocycles. The summed E-state index contributed by atoms with van der Waals surface area (Å²) in [5, 5.41) is 3.97. The van der Waals surface area contributed by atoms with Crippen molar-refractivity contribution in [2.45, 2.75) is 13.8 Å². The van der Waals surface area contributed by atoms with E-state index in [-0.39, 0.29) is 0 Å². The van der Waals surface area contributed by atoms with Crippen molar-refractivity contribution < 1.29 is 9.05 Å². The highest BCUT2D eigenvalue weighted by Gasteiger charge is 2.18. The van der Waals surface area contributed by atoms with Gasteiger partial charge in [0, 0.05) is 0 Å². The lowest BCUT2D eigenvalue weighted by molar-refractivity contribution is 0.271. The maximum absolute atomic E-state index is 5.82. The number of hydrogen-bond donors (Lipinski definition) is 1. The van der Waals surface area contributed by atoms with Gasteiger partial charge >= 0.3 is 0 Å². The highest BCUT2D eigenvalue weighted by atomic mass is 35.5. The summed E-state index contributed by atoms with van der Waals surface area (Å²) in [4.78, 5) is 0.